The molecule has 50 heavy (non-hydrogen) atoms. The molecule has 0 bridgehead atoms. The van der Waals surface area contributed by atoms with Gasteiger partial charge < -0.3 is 15.0 Å². The van der Waals surface area contributed by atoms with Gasteiger partial charge in [0.25, 0.3) is 5.91 Å². The van der Waals surface area contributed by atoms with Crippen molar-refractivity contribution in [2.75, 3.05) is 24.0 Å². The lowest BCUT2D eigenvalue weighted by molar-refractivity contribution is -0.142. The van der Waals surface area contributed by atoms with Crippen LogP contribution >= 0.6 is 11.8 Å². The van der Waals surface area contributed by atoms with Crippen molar-refractivity contribution in [1.82, 2.24) is 5.32 Å². The molecule has 0 heterocycles. The Labute approximate surface area is 295 Å². The van der Waals surface area contributed by atoms with Crippen LogP contribution in [0.3, 0.4) is 0 Å². The van der Waals surface area contributed by atoms with Crippen LogP contribution in [0.2, 0.25) is 0 Å². The number of nitrogens with zero attached hydrogens (tertiary/aromatic N) is 1. The maximum absolute atomic E-state index is 14.3. The van der Waals surface area contributed by atoms with E-state index in [1.807, 2.05) is 84.8 Å². The number of esters is 1. The number of ether oxygens (including phenoxy) is 1. The van der Waals surface area contributed by atoms with Gasteiger partial charge in [0.05, 0.1) is 7.11 Å². The highest BCUT2D eigenvalue weighted by atomic mass is 32.2. The number of nitrogens with one attached hydrogen (secondary N) is 1. The SMILES string of the molecule is COC(=O)[C@H](CCSC)NC(=O)c1ccc(CN(Cc2cc(F)cc(F)c2)c2ccc(C(=O)c3ccccc3)cc2)cc1-c1ccccc1C. The molecular weight excluding hydrogens is 655 g/mol. The molecule has 0 saturated carbocycles. The minimum absolute atomic E-state index is 0.115. The summed E-state index contributed by atoms with van der Waals surface area (Å²) in [6.45, 7) is 2.44. The van der Waals surface area contributed by atoms with Gasteiger partial charge in [-0.15, -0.1) is 0 Å². The summed E-state index contributed by atoms with van der Waals surface area (Å²) >= 11 is 1.57. The second kappa shape index (κ2) is 16.9. The summed E-state index contributed by atoms with van der Waals surface area (Å²) in [4.78, 5) is 41.3. The number of hydrogen-bond donors (Lipinski definition) is 1. The fraction of sp³-hybridized carbons (Fsp3) is 0.195. The summed E-state index contributed by atoms with van der Waals surface area (Å²) < 4.78 is 33.5. The highest BCUT2D eigenvalue weighted by Gasteiger charge is 2.24. The molecule has 6 nitrogen and oxygen atoms in total. The van der Waals surface area contributed by atoms with Crippen molar-refractivity contribution in [2.45, 2.75) is 32.5 Å². The molecule has 0 saturated heterocycles. The predicted molar refractivity (Wildman–Crippen MR) is 195 cm³/mol. The topological polar surface area (TPSA) is 75.7 Å². The van der Waals surface area contributed by atoms with Crippen molar-refractivity contribution in [3.8, 4) is 11.1 Å². The largest absolute Gasteiger partial charge is 0.467 e. The lowest BCUT2D eigenvalue weighted by Crippen LogP contribution is -2.42. The lowest BCUT2D eigenvalue weighted by Gasteiger charge is -2.26. The van der Waals surface area contributed by atoms with Crippen molar-refractivity contribution >= 4 is 35.1 Å². The predicted octanol–water partition coefficient (Wildman–Crippen LogP) is 8.40. The Morgan fingerprint density at radius 3 is 2.06 bits per heavy atom. The van der Waals surface area contributed by atoms with E-state index in [0.717, 1.165) is 28.4 Å². The van der Waals surface area contributed by atoms with Crippen LogP contribution in [-0.4, -0.2) is 42.8 Å². The number of carbonyl (C=O) groups is 3. The van der Waals surface area contributed by atoms with Gasteiger partial charge in [-0.25, -0.2) is 13.6 Å². The summed E-state index contributed by atoms with van der Waals surface area (Å²) in [6, 6.07) is 31.9. The van der Waals surface area contributed by atoms with Crippen molar-refractivity contribution in [3.63, 3.8) is 0 Å². The molecule has 0 aliphatic rings. The molecule has 256 valence electrons. The molecular formula is C41H38F2N2O4S. The van der Waals surface area contributed by atoms with E-state index in [2.05, 4.69) is 5.32 Å². The van der Waals surface area contributed by atoms with Crippen LogP contribution in [0.5, 0.6) is 0 Å². The Morgan fingerprint density at radius 2 is 1.40 bits per heavy atom. The minimum Gasteiger partial charge on any atom is -0.467 e. The second-order valence-electron chi connectivity index (χ2n) is 11.9. The van der Waals surface area contributed by atoms with Gasteiger partial charge >= 0.3 is 5.97 Å². The molecule has 1 atom stereocenters. The van der Waals surface area contributed by atoms with E-state index < -0.39 is 29.6 Å². The molecule has 5 aromatic carbocycles. The first-order chi connectivity index (χ1) is 24.2. The molecule has 9 heteroatoms. The summed E-state index contributed by atoms with van der Waals surface area (Å²) in [5.41, 5.74) is 5.94. The summed E-state index contributed by atoms with van der Waals surface area (Å²) in [5, 5.41) is 2.87. The van der Waals surface area contributed by atoms with E-state index in [4.69, 9.17) is 4.74 Å². The van der Waals surface area contributed by atoms with Crippen LogP contribution in [0.4, 0.5) is 14.5 Å². The Balaban J connectivity index is 1.52. The number of amides is 1. The fourth-order valence-corrected chi connectivity index (χ4v) is 6.28. The number of methoxy groups -OCH3 is 1. The quantitative estimate of drug-likeness (QED) is 0.0931. The molecule has 0 spiro atoms. The molecule has 0 unspecified atom stereocenters. The van der Waals surface area contributed by atoms with Gasteiger partial charge in [-0.3, -0.25) is 9.59 Å². The van der Waals surface area contributed by atoms with Gasteiger partial charge in [-0.2, -0.15) is 11.8 Å². The molecule has 5 rings (SSSR count). The van der Waals surface area contributed by atoms with Gasteiger partial charge in [-0.05, 0) is 102 Å². The van der Waals surface area contributed by atoms with Crippen molar-refractivity contribution in [1.29, 1.82) is 0 Å². The van der Waals surface area contributed by atoms with Gasteiger partial charge in [0, 0.05) is 41.5 Å². The van der Waals surface area contributed by atoms with Gasteiger partial charge in [0.2, 0.25) is 0 Å². The summed E-state index contributed by atoms with van der Waals surface area (Å²) in [7, 11) is 1.30. The Bertz CT molecular complexity index is 1950. The first-order valence-electron chi connectivity index (χ1n) is 16.1. The maximum Gasteiger partial charge on any atom is 0.328 e. The number of rotatable bonds is 14. The second-order valence-corrected chi connectivity index (χ2v) is 12.9. The molecule has 0 fully saturated rings. The zero-order valence-corrected chi connectivity index (χ0v) is 28.9. The van der Waals surface area contributed by atoms with E-state index in [1.165, 1.54) is 19.2 Å². The smallest absolute Gasteiger partial charge is 0.328 e. The van der Waals surface area contributed by atoms with E-state index >= 15 is 0 Å². The highest BCUT2D eigenvalue weighted by molar-refractivity contribution is 7.98. The number of thioether (sulfide) groups is 1. The lowest BCUT2D eigenvalue weighted by atomic mass is 9.93. The molecule has 5 aromatic rings. The number of benzene rings is 5. The molecule has 0 aliphatic carbocycles. The van der Waals surface area contributed by atoms with Gasteiger partial charge in [0.1, 0.15) is 17.7 Å². The zero-order chi connectivity index (χ0) is 35.6. The van der Waals surface area contributed by atoms with Crippen LogP contribution in [0, 0.1) is 18.6 Å². The van der Waals surface area contributed by atoms with Crippen LogP contribution < -0.4 is 10.2 Å². The number of aryl methyl sites for hydroxylation is 1. The van der Waals surface area contributed by atoms with Gasteiger partial charge in [-0.1, -0.05) is 60.7 Å². The molecule has 0 aromatic heterocycles. The number of carbonyl (C=O) groups excluding carboxylic acids is 3. The average Bonchev–Trinajstić information content (AvgIpc) is 3.12. The van der Waals surface area contributed by atoms with Gasteiger partial charge in [0.15, 0.2) is 5.78 Å². The third-order valence-electron chi connectivity index (χ3n) is 8.37. The zero-order valence-electron chi connectivity index (χ0n) is 28.1. The maximum atomic E-state index is 14.3. The van der Waals surface area contributed by atoms with E-state index in [9.17, 15) is 23.2 Å². The molecule has 0 radical (unpaired) electrons. The normalized spacial score (nSPS) is 11.5. The number of ketones is 1. The number of halogens is 2. The fourth-order valence-electron chi connectivity index (χ4n) is 5.81. The van der Waals surface area contributed by atoms with Crippen LogP contribution in [0.25, 0.3) is 11.1 Å². The van der Waals surface area contributed by atoms with Crippen LogP contribution in [0.1, 0.15) is 49.4 Å². The average molecular weight is 693 g/mol. The van der Waals surface area contributed by atoms with E-state index in [1.54, 1.807) is 42.1 Å². The summed E-state index contributed by atoms with van der Waals surface area (Å²) in [6.07, 6.45) is 2.35. The monoisotopic (exact) mass is 692 g/mol. The molecule has 0 aliphatic heterocycles. The van der Waals surface area contributed by atoms with E-state index in [0.29, 0.717) is 46.5 Å². The number of anilines is 1. The number of hydrogen-bond acceptors (Lipinski definition) is 6. The van der Waals surface area contributed by atoms with Crippen molar-refractivity contribution < 1.29 is 27.9 Å². The van der Waals surface area contributed by atoms with E-state index in [-0.39, 0.29) is 12.3 Å². The third-order valence-corrected chi connectivity index (χ3v) is 9.01. The van der Waals surface area contributed by atoms with Crippen LogP contribution in [-0.2, 0) is 22.6 Å². The summed E-state index contributed by atoms with van der Waals surface area (Å²) in [5.74, 6) is -1.72. The minimum atomic E-state index is -0.803. The molecule has 1 amide bonds. The third kappa shape index (κ3) is 9.03. The molecule has 1 N–H and O–H groups in total. The van der Waals surface area contributed by atoms with Crippen LogP contribution in [0.15, 0.2) is 115 Å². The first kappa shape index (κ1) is 36.0. The van der Waals surface area contributed by atoms with Crippen molar-refractivity contribution in [2.24, 2.45) is 0 Å². The van der Waals surface area contributed by atoms with Crippen molar-refractivity contribution in [3.05, 3.63) is 160 Å². The Hall–Kier alpha value is -5.28. The Morgan fingerprint density at radius 1 is 0.760 bits per heavy atom. The first-order valence-corrected chi connectivity index (χ1v) is 17.5. The Kier molecular flexibility index (Phi) is 12.2. The standard InChI is InChI=1S/C41H38F2N2O4S/c1-27-9-7-8-12-35(27)37-23-28(13-18-36(37)40(47)44-38(19-20-50-3)41(48)49-2)25-45(26-29-21-32(42)24-33(43)22-29)34-16-14-31(15-17-34)39(46)30-10-5-4-6-11-30/h4-18,21-24,38H,19-20,25-26H2,1-3H3,(H,44,47)/t38-/m0/s1. The highest BCUT2D eigenvalue weighted by Crippen LogP contribution is 2.30.